The van der Waals surface area contributed by atoms with E-state index in [2.05, 4.69) is 28.1 Å². The minimum absolute atomic E-state index is 0.00140. The molecule has 0 radical (unpaired) electrons. The minimum Gasteiger partial charge on any atom is -0.483 e. The van der Waals surface area contributed by atoms with Crippen LogP contribution in [0, 0.1) is 0 Å². The van der Waals surface area contributed by atoms with Crippen molar-refractivity contribution in [2.45, 2.75) is 63.6 Å². The molecule has 1 heterocycles. The summed E-state index contributed by atoms with van der Waals surface area (Å²) in [5.41, 5.74) is 2.47. The van der Waals surface area contributed by atoms with Crippen molar-refractivity contribution >= 4 is 24.2 Å². The average Bonchev–Trinajstić information content (AvgIpc) is 2.95. The van der Waals surface area contributed by atoms with Crippen molar-refractivity contribution in [3.8, 4) is 0 Å². The third-order valence-corrected chi connectivity index (χ3v) is 5.96. The lowest BCUT2D eigenvalue weighted by atomic mass is 9.88. The molecule has 3 atom stereocenters. The molecule has 1 aromatic rings. The molecule has 4 N–H and O–H groups in total. The van der Waals surface area contributed by atoms with Crippen LogP contribution in [0.4, 0.5) is 0 Å². The van der Waals surface area contributed by atoms with Gasteiger partial charge in [-0.1, -0.05) is 24.3 Å². The van der Waals surface area contributed by atoms with Crippen LogP contribution >= 0.6 is 0 Å². The number of amides is 3. The van der Waals surface area contributed by atoms with Gasteiger partial charge in [-0.05, 0) is 63.6 Å². The minimum atomic E-state index is -0.566. The second-order valence-corrected chi connectivity index (χ2v) is 8.14. The number of likely N-dealkylation sites (N-methyl/N-ethyl adjacent to an activating group) is 1. The van der Waals surface area contributed by atoms with Gasteiger partial charge >= 0.3 is 0 Å². The van der Waals surface area contributed by atoms with Gasteiger partial charge in [-0.15, -0.1) is 0 Å². The summed E-state index contributed by atoms with van der Waals surface area (Å²) in [6, 6.07) is 7.29. The van der Waals surface area contributed by atoms with Gasteiger partial charge in [0.1, 0.15) is 6.04 Å². The summed E-state index contributed by atoms with van der Waals surface area (Å²) < 4.78 is 0. The summed E-state index contributed by atoms with van der Waals surface area (Å²) in [5.74, 6) is -0.509. The van der Waals surface area contributed by atoms with E-state index in [4.69, 9.17) is 9.90 Å². The summed E-state index contributed by atoms with van der Waals surface area (Å²) in [6.07, 6.45) is 5.28. The summed E-state index contributed by atoms with van der Waals surface area (Å²) in [5, 5.41) is 15.7. The molecule has 1 saturated heterocycles. The maximum atomic E-state index is 12.9. The van der Waals surface area contributed by atoms with E-state index < -0.39 is 6.04 Å². The van der Waals surface area contributed by atoms with Crippen LogP contribution in [0.5, 0.6) is 0 Å². The van der Waals surface area contributed by atoms with Crippen molar-refractivity contribution in [3.63, 3.8) is 0 Å². The number of carbonyl (C=O) groups excluding carboxylic acids is 3. The SMILES string of the molecule is CN[C@@H](C)C(=O)N[C@H]1CCCCN(CC(=O)NC2CCCc3ccccc32)C1=O.O=CO. The van der Waals surface area contributed by atoms with Gasteiger partial charge < -0.3 is 26.0 Å². The number of likely N-dealkylation sites (tertiary alicyclic amines) is 1. The lowest BCUT2D eigenvalue weighted by molar-refractivity contribution is -0.139. The quantitative estimate of drug-likeness (QED) is 0.483. The van der Waals surface area contributed by atoms with Gasteiger partial charge in [-0.3, -0.25) is 19.2 Å². The van der Waals surface area contributed by atoms with Crippen molar-refractivity contribution in [2.75, 3.05) is 20.1 Å². The Hall–Kier alpha value is -2.94. The zero-order valence-corrected chi connectivity index (χ0v) is 18.8. The first kappa shape index (κ1) is 25.3. The van der Waals surface area contributed by atoms with Gasteiger partial charge in [-0.25, -0.2) is 0 Å². The topological polar surface area (TPSA) is 128 Å². The second kappa shape index (κ2) is 12.8. The number of fused-ring (bicyclic) bond motifs is 1. The van der Waals surface area contributed by atoms with E-state index in [0.29, 0.717) is 13.0 Å². The van der Waals surface area contributed by atoms with E-state index in [-0.39, 0.29) is 42.8 Å². The molecule has 1 aliphatic carbocycles. The number of carboxylic acid groups (broad SMARTS) is 1. The highest BCUT2D eigenvalue weighted by molar-refractivity contribution is 5.92. The van der Waals surface area contributed by atoms with Gasteiger partial charge in [0.2, 0.25) is 17.7 Å². The number of hydrogen-bond acceptors (Lipinski definition) is 5. The van der Waals surface area contributed by atoms with E-state index in [1.165, 1.54) is 11.1 Å². The largest absolute Gasteiger partial charge is 0.483 e. The van der Waals surface area contributed by atoms with E-state index in [0.717, 1.165) is 32.1 Å². The molecule has 9 nitrogen and oxygen atoms in total. The molecule has 176 valence electrons. The molecule has 0 aromatic heterocycles. The lowest BCUT2D eigenvalue weighted by Gasteiger charge is -2.29. The first-order valence-corrected chi connectivity index (χ1v) is 11.1. The molecule has 9 heteroatoms. The lowest BCUT2D eigenvalue weighted by Crippen LogP contribution is -2.53. The predicted molar refractivity (Wildman–Crippen MR) is 120 cm³/mol. The highest BCUT2D eigenvalue weighted by Gasteiger charge is 2.31. The fraction of sp³-hybridized carbons (Fsp3) is 0.565. The van der Waals surface area contributed by atoms with Crippen LogP contribution in [0.15, 0.2) is 24.3 Å². The average molecular weight is 447 g/mol. The van der Waals surface area contributed by atoms with Crippen molar-refractivity contribution in [1.29, 1.82) is 0 Å². The van der Waals surface area contributed by atoms with Crippen LogP contribution < -0.4 is 16.0 Å². The van der Waals surface area contributed by atoms with Gasteiger partial charge in [0.05, 0.1) is 18.6 Å². The third-order valence-electron chi connectivity index (χ3n) is 5.96. The van der Waals surface area contributed by atoms with Crippen LogP contribution in [0.3, 0.4) is 0 Å². The van der Waals surface area contributed by atoms with Crippen molar-refractivity contribution < 1.29 is 24.3 Å². The van der Waals surface area contributed by atoms with Crippen LogP contribution in [-0.2, 0) is 25.6 Å². The Bertz CT molecular complexity index is 800. The molecular formula is C23H34N4O5. The van der Waals surface area contributed by atoms with Crippen LogP contribution in [0.2, 0.25) is 0 Å². The zero-order chi connectivity index (χ0) is 23.5. The maximum Gasteiger partial charge on any atom is 0.290 e. The fourth-order valence-corrected chi connectivity index (χ4v) is 4.14. The molecule has 3 rings (SSSR count). The molecule has 1 unspecified atom stereocenters. The number of benzene rings is 1. The molecule has 0 bridgehead atoms. The number of nitrogens with zero attached hydrogens (tertiary/aromatic N) is 1. The molecular weight excluding hydrogens is 412 g/mol. The van der Waals surface area contributed by atoms with Crippen molar-refractivity contribution in [2.24, 2.45) is 0 Å². The third kappa shape index (κ3) is 7.05. The molecule has 1 fully saturated rings. The summed E-state index contributed by atoms with van der Waals surface area (Å²) in [4.78, 5) is 47.8. The maximum absolute atomic E-state index is 12.9. The molecule has 3 amide bonds. The van der Waals surface area contributed by atoms with E-state index in [1.54, 1.807) is 18.9 Å². The molecule has 32 heavy (non-hydrogen) atoms. The molecule has 1 aromatic carbocycles. The van der Waals surface area contributed by atoms with Gasteiger partial charge in [0, 0.05) is 6.54 Å². The van der Waals surface area contributed by atoms with Crippen molar-refractivity contribution in [3.05, 3.63) is 35.4 Å². The highest BCUT2D eigenvalue weighted by Crippen LogP contribution is 2.29. The van der Waals surface area contributed by atoms with Crippen LogP contribution in [0.25, 0.3) is 0 Å². The predicted octanol–water partition coefficient (Wildman–Crippen LogP) is 0.986. The van der Waals surface area contributed by atoms with Crippen molar-refractivity contribution in [1.82, 2.24) is 20.9 Å². The standard InChI is InChI=1S/C22H32N4O3.CH2O2/c1-15(23-2)21(28)25-19-11-5-6-13-26(22(19)29)14-20(27)24-18-12-7-9-16-8-3-4-10-17(16)18;2-1-3/h3-4,8,10,15,18-19,23H,5-7,9,11-14H2,1-2H3,(H,24,27)(H,25,28);1H,(H,2,3)/t15-,18?,19-;/m0./s1. The second-order valence-electron chi connectivity index (χ2n) is 8.14. The Morgan fingerprint density at radius 3 is 2.56 bits per heavy atom. The highest BCUT2D eigenvalue weighted by atomic mass is 16.3. The van der Waals surface area contributed by atoms with Crippen LogP contribution in [-0.4, -0.2) is 66.4 Å². The Morgan fingerprint density at radius 1 is 1.16 bits per heavy atom. The van der Waals surface area contributed by atoms with Gasteiger partial charge in [-0.2, -0.15) is 0 Å². The number of hydrogen-bond donors (Lipinski definition) is 4. The molecule has 2 aliphatic rings. The van der Waals surface area contributed by atoms with E-state index >= 15 is 0 Å². The Labute approximate surface area is 188 Å². The smallest absolute Gasteiger partial charge is 0.290 e. The normalized spacial score (nSPS) is 21.2. The zero-order valence-electron chi connectivity index (χ0n) is 18.8. The Balaban J connectivity index is 0.00000114. The fourth-order valence-electron chi connectivity index (χ4n) is 4.14. The van der Waals surface area contributed by atoms with Gasteiger partial charge in [0.15, 0.2) is 0 Å². The summed E-state index contributed by atoms with van der Waals surface area (Å²) in [6.45, 7) is 2.08. The van der Waals surface area contributed by atoms with E-state index in [9.17, 15) is 14.4 Å². The first-order valence-electron chi connectivity index (χ1n) is 11.1. The number of aryl methyl sites for hydroxylation is 1. The summed E-state index contributed by atoms with van der Waals surface area (Å²) in [7, 11) is 1.71. The Kier molecular flexibility index (Phi) is 10.1. The number of carbonyl (C=O) groups is 4. The number of nitrogens with one attached hydrogen (secondary N) is 3. The monoisotopic (exact) mass is 446 g/mol. The molecule has 1 aliphatic heterocycles. The molecule has 0 saturated carbocycles. The van der Waals surface area contributed by atoms with Crippen LogP contribution in [0.1, 0.15) is 56.2 Å². The summed E-state index contributed by atoms with van der Waals surface area (Å²) >= 11 is 0. The van der Waals surface area contributed by atoms with Gasteiger partial charge in [0.25, 0.3) is 6.47 Å². The molecule has 0 spiro atoms. The Morgan fingerprint density at radius 2 is 1.84 bits per heavy atom. The first-order chi connectivity index (χ1) is 15.4. The number of rotatable bonds is 6. The van der Waals surface area contributed by atoms with E-state index in [1.807, 2.05) is 12.1 Å².